The van der Waals surface area contributed by atoms with Gasteiger partial charge in [-0.05, 0) is 13.8 Å². The van der Waals surface area contributed by atoms with Crippen LogP contribution in [0.25, 0.3) is 0 Å². The van der Waals surface area contributed by atoms with Crippen molar-refractivity contribution >= 4 is 23.3 Å². The van der Waals surface area contributed by atoms with Gasteiger partial charge >= 0.3 is 11.9 Å². The molecule has 0 saturated heterocycles. The van der Waals surface area contributed by atoms with E-state index in [1.54, 1.807) is 19.2 Å². The molecule has 0 aromatic carbocycles. The van der Waals surface area contributed by atoms with Gasteiger partial charge in [-0.2, -0.15) is 0 Å². The van der Waals surface area contributed by atoms with Crippen LogP contribution in [0.15, 0.2) is 5.38 Å². The van der Waals surface area contributed by atoms with Crippen molar-refractivity contribution in [1.82, 2.24) is 4.98 Å². The summed E-state index contributed by atoms with van der Waals surface area (Å²) in [5.74, 6) is -1.84. The predicted octanol–water partition coefficient (Wildman–Crippen LogP) is 2.16. The highest BCUT2D eigenvalue weighted by Crippen LogP contribution is 2.42. The zero-order chi connectivity index (χ0) is 14.1. The molecule has 5 nitrogen and oxygen atoms in total. The minimum absolute atomic E-state index is 0.139. The highest BCUT2D eigenvalue weighted by Gasteiger charge is 2.46. The molecule has 0 aliphatic heterocycles. The van der Waals surface area contributed by atoms with Crippen molar-refractivity contribution in [3.8, 4) is 0 Å². The molecule has 100 valence electrons. The van der Waals surface area contributed by atoms with Gasteiger partial charge in [0.25, 0.3) is 0 Å². The third-order valence-electron chi connectivity index (χ3n) is 3.52. The Morgan fingerprint density at radius 3 is 2.28 bits per heavy atom. The van der Waals surface area contributed by atoms with Gasteiger partial charge in [-0.3, -0.25) is 9.59 Å². The number of carbonyl (C=O) groups is 2. The van der Waals surface area contributed by atoms with Gasteiger partial charge in [0.05, 0.1) is 22.5 Å². The molecule has 0 aliphatic carbocycles. The monoisotopic (exact) mass is 271 g/mol. The Hall–Kier alpha value is -1.43. The number of hydrogen-bond donors (Lipinski definition) is 2. The van der Waals surface area contributed by atoms with Gasteiger partial charge in [0.15, 0.2) is 0 Å². The largest absolute Gasteiger partial charge is 0.481 e. The SMILES string of the molecule is CC(C)(C(=O)O)C(C)(C)c1nc(CC(=O)O)cs1. The zero-order valence-corrected chi connectivity index (χ0v) is 11.7. The van der Waals surface area contributed by atoms with Crippen molar-refractivity contribution < 1.29 is 19.8 Å². The quantitative estimate of drug-likeness (QED) is 0.856. The minimum atomic E-state index is -0.981. The first-order valence-corrected chi connectivity index (χ1v) is 6.37. The molecule has 0 unspecified atom stereocenters. The Labute approximate surface area is 109 Å². The molecule has 0 spiro atoms. The lowest BCUT2D eigenvalue weighted by atomic mass is 9.68. The standard InChI is InChI=1S/C12H17NO4S/c1-11(2,12(3,4)10(16)17)9-13-7(6-18-9)5-8(14)15/h6H,5H2,1-4H3,(H,14,15)(H,16,17). The molecular weight excluding hydrogens is 254 g/mol. The van der Waals surface area contributed by atoms with E-state index in [0.29, 0.717) is 10.7 Å². The highest BCUT2D eigenvalue weighted by molar-refractivity contribution is 7.09. The lowest BCUT2D eigenvalue weighted by Gasteiger charge is -2.36. The Bertz CT molecular complexity index is 476. The van der Waals surface area contributed by atoms with Crippen LogP contribution in [0.3, 0.4) is 0 Å². The number of aliphatic carboxylic acids is 2. The fourth-order valence-corrected chi connectivity index (χ4v) is 2.47. The minimum Gasteiger partial charge on any atom is -0.481 e. The molecule has 2 N–H and O–H groups in total. The van der Waals surface area contributed by atoms with Crippen LogP contribution in [0, 0.1) is 5.41 Å². The van der Waals surface area contributed by atoms with Crippen molar-refractivity contribution in [2.75, 3.05) is 0 Å². The number of carboxylic acids is 2. The number of aromatic nitrogens is 1. The van der Waals surface area contributed by atoms with Gasteiger partial charge in [-0.1, -0.05) is 13.8 Å². The van der Waals surface area contributed by atoms with Crippen molar-refractivity contribution in [2.45, 2.75) is 39.5 Å². The normalized spacial score (nSPS) is 12.4. The summed E-state index contributed by atoms with van der Waals surface area (Å²) in [5, 5.41) is 20.3. The van der Waals surface area contributed by atoms with Crippen molar-refractivity contribution in [2.24, 2.45) is 5.41 Å². The predicted molar refractivity (Wildman–Crippen MR) is 67.9 cm³/mol. The second kappa shape index (κ2) is 4.68. The van der Waals surface area contributed by atoms with Gasteiger partial charge in [0.2, 0.25) is 0 Å². The number of thiazole rings is 1. The van der Waals surface area contributed by atoms with E-state index < -0.39 is 22.8 Å². The number of hydrogen-bond acceptors (Lipinski definition) is 4. The first-order chi connectivity index (χ1) is 8.09. The molecule has 0 atom stereocenters. The topological polar surface area (TPSA) is 87.5 Å². The average Bonchev–Trinajstić information content (AvgIpc) is 2.65. The summed E-state index contributed by atoms with van der Waals surface area (Å²) < 4.78 is 0. The van der Waals surface area contributed by atoms with Crippen LogP contribution < -0.4 is 0 Å². The molecule has 6 heteroatoms. The first-order valence-electron chi connectivity index (χ1n) is 5.49. The lowest BCUT2D eigenvalue weighted by molar-refractivity contribution is -0.150. The maximum atomic E-state index is 11.3. The molecule has 0 aliphatic rings. The number of carboxylic acid groups (broad SMARTS) is 2. The Kier molecular flexibility index (Phi) is 3.81. The zero-order valence-electron chi connectivity index (χ0n) is 10.9. The fourth-order valence-electron chi connectivity index (χ4n) is 1.36. The van der Waals surface area contributed by atoms with Gasteiger partial charge < -0.3 is 10.2 Å². The molecule has 1 rings (SSSR count). The summed E-state index contributed by atoms with van der Waals surface area (Å²) in [7, 11) is 0. The van der Waals surface area contributed by atoms with Crippen LogP contribution in [-0.4, -0.2) is 27.1 Å². The summed E-state index contributed by atoms with van der Waals surface area (Å²) in [6, 6.07) is 0. The van der Waals surface area contributed by atoms with Crippen LogP contribution in [0.1, 0.15) is 38.4 Å². The first kappa shape index (κ1) is 14.6. The summed E-state index contributed by atoms with van der Waals surface area (Å²) in [4.78, 5) is 26.2. The van der Waals surface area contributed by atoms with E-state index in [1.165, 1.54) is 11.3 Å². The molecule has 1 aromatic rings. The van der Waals surface area contributed by atoms with Crippen LogP contribution in [0.2, 0.25) is 0 Å². The van der Waals surface area contributed by atoms with Gasteiger partial charge in [0.1, 0.15) is 0 Å². The highest BCUT2D eigenvalue weighted by atomic mass is 32.1. The van der Waals surface area contributed by atoms with E-state index in [9.17, 15) is 14.7 Å². The Morgan fingerprint density at radius 2 is 1.83 bits per heavy atom. The molecule has 0 fully saturated rings. The Balaban J connectivity index is 3.09. The molecule has 18 heavy (non-hydrogen) atoms. The third-order valence-corrected chi connectivity index (χ3v) is 4.73. The summed E-state index contributed by atoms with van der Waals surface area (Å²) in [6.07, 6.45) is -0.139. The third kappa shape index (κ3) is 2.53. The van der Waals surface area contributed by atoms with E-state index in [1.807, 2.05) is 13.8 Å². The van der Waals surface area contributed by atoms with E-state index >= 15 is 0 Å². The van der Waals surface area contributed by atoms with E-state index in [0.717, 1.165) is 0 Å². The van der Waals surface area contributed by atoms with E-state index in [-0.39, 0.29) is 6.42 Å². The summed E-state index contributed by atoms with van der Waals surface area (Å²) in [5.41, 5.74) is -1.18. The van der Waals surface area contributed by atoms with Crippen molar-refractivity contribution in [1.29, 1.82) is 0 Å². The molecule has 0 bridgehead atoms. The average molecular weight is 271 g/mol. The fraction of sp³-hybridized carbons (Fsp3) is 0.583. The second-order valence-electron chi connectivity index (χ2n) is 5.27. The number of rotatable bonds is 5. The van der Waals surface area contributed by atoms with Crippen LogP contribution in [-0.2, 0) is 21.4 Å². The molecule has 0 amide bonds. The van der Waals surface area contributed by atoms with Crippen LogP contribution >= 0.6 is 11.3 Å². The van der Waals surface area contributed by atoms with Gasteiger partial charge in [0, 0.05) is 10.8 Å². The summed E-state index contributed by atoms with van der Waals surface area (Å²) in [6.45, 7) is 6.91. The van der Waals surface area contributed by atoms with E-state index in [4.69, 9.17) is 5.11 Å². The van der Waals surface area contributed by atoms with Crippen molar-refractivity contribution in [3.63, 3.8) is 0 Å². The molecule has 0 radical (unpaired) electrons. The molecule has 0 saturated carbocycles. The van der Waals surface area contributed by atoms with Gasteiger partial charge in [-0.15, -0.1) is 11.3 Å². The van der Waals surface area contributed by atoms with Crippen LogP contribution in [0.4, 0.5) is 0 Å². The van der Waals surface area contributed by atoms with Crippen LogP contribution in [0.5, 0.6) is 0 Å². The van der Waals surface area contributed by atoms with Gasteiger partial charge in [-0.25, -0.2) is 4.98 Å². The smallest absolute Gasteiger partial charge is 0.310 e. The second-order valence-corrected chi connectivity index (χ2v) is 6.13. The molecule has 1 aromatic heterocycles. The molecular formula is C12H17NO4S. The maximum absolute atomic E-state index is 11.3. The van der Waals surface area contributed by atoms with Crippen molar-refractivity contribution in [3.05, 3.63) is 16.1 Å². The lowest BCUT2D eigenvalue weighted by Crippen LogP contribution is -2.42. The van der Waals surface area contributed by atoms with E-state index in [2.05, 4.69) is 4.98 Å². The Morgan fingerprint density at radius 1 is 1.28 bits per heavy atom. The molecule has 1 heterocycles. The maximum Gasteiger partial charge on any atom is 0.310 e. The number of nitrogens with zero attached hydrogens (tertiary/aromatic N) is 1. The summed E-state index contributed by atoms with van der Waals surface area (Å²) >= 11 is 1.30.